The van der Waals surface area contributed by atoms with Crippen molar-refractivity contribution >= 4 is 17.5 Å². The highest BCUT2D eigenvalue weighted by Crippen LogP contribution is 2.08. The summed E-state index contributed by atoms with van der Waals surface area (Å²) in [4.78, 5) is 15.7. The minimum Gasteiger partial charge on any atom is -0.384 e. The average Bonchev–Trinajstić information content (AvgIpc) is 2.25. The first-order chi connectivity index (χ1) is 7.67. The number of hydrogen-bond donors (Lipinski definition) is 2. The molecule has 0 aliphatic carbocycles. The molecule has 4 heteroatoms. The predicted octanol–water partition coefficient (Wildman–Crippen LogP) is 2.12. The molecule has 1 heterocycles. The molecule has 0 radical (unpaired) electrons. The maximum Gasteiger partial charge on any atom is 0.256 e. The van der Waals surface area contributed by atoms with Gasteiger partial charge in [0.05, 0.1) is 0 Å². The number of carbonyl (C=O) groups excluding carboxylic acids is 1. The first-order valence-corrected chi connectivity index (χ1v) is 5.00. The van der Waals surface area contributed by atoms with Crippen LogP contribution in [0.2, 0.25) is 0 Å². The van der Waals surface area contributed by atoms with Gasteiger partial charge < -0.3 is 11.1 Å². The SMILES string of the molecule is C/C=C\C(=C/C)C(=O)Nc1cccc(N)n1. The molecule has 3 N–H and O–H groups in total. The summed E-state index contributed by atoms with van der Waals surface area (Å²) in [5.41, 5.74) is 6.10. The summed E-state index contributed by atoms with van der Waals surface area (Å²) in [6, 6.07) is 5.10. The molecule has 0 aromatic carbocycles. The Morgan fingerprint density at radius 1 is 1.44 bits per heavy atom. The highest BCUT2D eigenvalue weighted by atomic mass is 16.1. The fraction of sp³-hybridized carbons (Fsp3) is 0.167. The van der Waals surface area contributed by atoms with Crippen LogP contribution in [0.1, 0.15) is 13.8 Å². The lowest BCUT2D eigenvalue weighted by Gasteiger charge is -2.05. The molecular formula is C12H15N3O. The van der Waals surface area contributed by atoms with Crippen molar-refractivity contribution in [3.05, 3.63) is 42.0 Å². The smallest absolute Gasteiger partial charge is 0.256 e. The fourth-order valence-electron chi connectivity index (χ4n) is 1.19. The van der Waals surface area contributed by atoms with Crippen molar-refractivity contribution in [3.63, 3.8) is 0 Å². The van der Waals surface area contributed by atoms with Gasteiger partial charge in [-0.2, -0.15) is 0 Å². The van der Waals surface area contributed by atoms with Crippen LogP contribution >= 0.6 is 0 Å². The molecule has 0 spiro atoms. The van der Waals surface area contributed by atoms with Gasteiger partial charge in [-0.3, -0.25) is 4.79 Å². The number of carbonyl (C=O) groups is 1. The van der Waals surface area contributed by atoms with Crippen LogP contribution in [-0.2, 0) is 4.79 Å². The number of hydrogen-bond acceptors (Lipinski definition) is 3. The zero-order chi connectivity index (χ0) is 12.0. The molecule has 1 amide bonds. The summed E-state index contributed by atoms with van der Waals surface area (Å²) in [6.45, 7) is 3.66. The third kappa shape index (κ3) is 3.24. The Morgan fingerprint density at radius 2 is 2.19 bits per heavy atom. The number of nitrogens with one attached hydrogen (secondary N) is 1. The van der Waals surface area contributed by atoms with Crippen molar-refractivity contribution < 1.29 is 4.79 Å². The van der Waals surface area contributed by atoms with Gasteiger partial charge in [-0.15, -0.1) is 0 Å². The van der Waals surface area contributed by atoms with E-state index in [0.29, 0.717) is 17.2 Å². The monoisotopic (exact) mass is 217 g/mol. The highest BCUT2D eigenvalue weighted by molar-refractivity contribution is 6.05. The van der Waals surface area contributed by atoms with Gasteiger partial charge in [0, 0.05) is 5.57 Å². The number of aromatic nitrogens is 1. The number of nitrogen functional groups attached to an aromatic ring is 1. The molecule has 0 fully saturated rings. The molecule has 1 rings (SSSR count). The topological polar surface area (TPSA) is 68.0 Å². The van der Waals surface area contributed by atoms with E-state index in [1.54, 1.807) is 30.4 Å². The molecule has 0 unspecified atom stereocenters. The van der Waals surface area contributed by atoms with Crippen LogP contribution in [0.3, 0.4) is 0 Å². The van der Waals surface area contributed by atoms with Gasteiger partial charge in [-0.1, -0.05) is 24.3 Å². The first kappa shape index (κ1) is 12.0. The van der Waals surface area contributed by atoms with Gasteiger partial charge >= 0.3 is 0 Å². The molecule has 1 aromatic rings. The molecule has 0 saturated carbocycles. The van der Waals surface area contributed by atoms with E-state index in [2.05, 4.69) is 10.3 Å². The minimum atomic E-state index is -0.196. The zero-order valence-corrected chi connectivity index (χ0v) is 9.40. The largest absolute Gasteiger partial charge is 0.384 e. The van der Waals surface area contributed by atoms with Crippen LogP contribution in [0, 0.1) is 0 Å². The van der Waals surface area contributed by atoms with Gasteiger partial charge in [0.25, 0.3) is 5.91 Å². The van der Waals surface area contributed by atoms with E-state index in [1.807, 2.05) is 19.9 Å². The van der Waals surface area contributed by atoms with Gasteiger partial charge in [-0.25, -0.2) is 4.98 Å². The Balaban J connectivity index is 2.78. The molecule has 84 valence electrons. The number of allylic oxidation sites excluding steroid dienone is 2. The van der Waals surface area contributed by atoms with E-state index in [-0.39, 0.29) is 5.91 Å². The van der Waals surface area contributed by atoms with Gasteiger partial charge in [0.15, 0.2) is 0 Å². The summed E-state index contributed by atoms with van der Waals surface area (Å²) in [5.74, 6) is 0.637. The maximum absolute atomic E-state index is 11.7. The summed E-state index contributed by atoms with van der Waals surface area (Å²) in [7, 11) is 0. The molecule has 1 aromatic heterocycles. The quantitative estimate of drug-likeness (QED) is 0.602. The molecule has 16 heavy (non-hydrogen) atoms. The summed E-state index contributed by atoms with van der Waals surface area (Å²) in [5, 5.41) is 2.67. The van der Waals surface area contributed by atoms with Crippen molar-refractivity contribution in [1.29, 1.82) is 0 Å². The zero-order valence-electron chi connectivity index (χ0n) is 9.40. The van der Waals surface area contributed by atoms with E-state index in [4.69, 9.17) is 5.73 Å². The number of nitrogens with zero attached hydrogens (tertiary/aromatic N) is 1. The number of rotatable bonds is 3. The molecule has 0 atom stereocenters. The number of pyridine rings is 1. The van der Waals surface area contributed by atoms with Crippen LogP contribution < -0.4 is 11.1 Å². The molecule has 0 bridgehead atoms. The third-order valence-electron chi connectivity index (χ3n) is 1.93. The van der Waals surface area contributed by atoms with Crippen molar-refractivity contribution in [2.75, 3.05) is 11.1 Å². The normalized spacial score (nSPS) is 11.8. The van der Waals surface area contributed by atoms with E-state index in [0.717, 1.165) is 0 Å². The second-order valence-corrected chi connectivity index (χ2v) is 3.15. The second-order valence-electron chi connectivity index (χ2n) is 3.15. The lowest BCUT2D eigenvalue weighted by molar-refractivity contribution is -0.112. The Morgan fingerprint density at radius 3 is 2.75 bits per heavy atom. The van der Waals surface area contributed by atoms with Crippen LogP contribution in [0.4, 0.5) is 11.6 Å². The Bertz CT molecular complexity index is 436. The van der Waals surface area contributed by atoms with Crippen LogP contribution in [0.25, 0.3) is 0 Å². The van der Waals surface area contributed by atoms with Crippen molar-refractivity contribution in [3.8, 4) is 0 Å². The molecule has 4 nitrogen and oxygen atoms in total. The lowest BCUT2D eigenvalue weighted by Crippen LogP contribution is -2.14. The third-order valence-corrected chi connectivity index (χ3v) is 1.93. The standard InChI is InChI=1S/C12H15N3O/c1-3-6-9(4-2)12(16)15-11-8-5-7-10(13)14-11/h3-8H,1-2H3,(H3,13,14,15,16)/b6-3-,9-4+. The second kappa shape index (κ2) is 5.70. The van der Waals surface area contributed by atoms with Crippen molar-refractivity contribution in [1.82, 2.24) is 4.98 Å². The molecule has 0 aliphatic rings. The van der Waals surface area contributed by atoms with E-state index >= 15 is 0 Å². The van der Waals surface area contributed by atoms with Gasteiger partial charge in [0.2, 0.25) is 0 Å². The Kier molecular flexibility index (Phi) is 4.27. The van der Waals surface area contributed by atoms with Crippen LogP contribution in [0.15, 0.2) is 42.0 Å². The Hall–Kier alpha value is -2.10. The van der Waals surface area contributed by atoms with Crippen LogP contribution in [0.5, 0.6) is 0 Å². The summed E-state index contributed by atoms with van der Waals surface area (Å²) < 4.78 is 0. The number of anilines is 2. The maximum atomic E-state index is 11.7. The van der Waals surface area contributed by atoms with Crippen molar-refractivity contribution in [2.45, 2.75) is 13.8 Å². The van der Waals surface area contributed by atoms with Crippen molar-refractivity contribution in [2.24, 2.45) is 0 Å². The molecule has 0 aliphatic heterocycles. The lowest BCUT2D eigenvalue weighted by atomic mass is 10.2. The fourth-order valence-corrected chi connectivity index (χ4v) is 1.19. The summed E-state index contributed by atoms with van der Waals surface area (Å²) >= 11 is 0. The molecule has 0 saturated heterocycles. The predicted molar refractivity (Wildman–Crippen MR) is 65.9 cm³/mol. The van der Waals surface area contributed by atoms with Gasteiger partial charge in [-0.05, 0) is 26.0 Å². The van der Waals surface area contributed by atoms with Gasteiger partial charge in [0.1, 0.15) is 11.6 Å². The van der Waals surface area contributed by atoms with E-state index < -0.39 is 0 Å². The average molecular weight is 217 g/mol. The van der Waals surface area contributed by atoms with E-state index in [9.17, 15) is 4.79 Å². The first-order valence-electron chi connectivity index (χ1n) is 5.00. The number of nitrogens with two attached hydrogens (primary N) is 1. The molecular weight excluding hydrogens is 202 g/mol. The number of amides is 1. The minimum absolute atomic E-state index is 0.196. The Labute approximate surface area is 94.9 Å². The highest BCUT2D eigenvalue weighted by Gasteiger charge is 2.06. The summed E-state index contributed by atoms with van der Waals surface area (Å²) in [6.07, 6.45) is 5.28. The van der Waals surface area contributed by atoms with E-state index in [1.165, 1.54) is 0 Å². The van der Waals surface area contributed by atoms with Crippen LogP contribution in [-0.4, -0.2) is 10.9 Å².